The normalized spacial score (nSPS) is 16.7. The Balaban J connectivity index is 2.39. The number of aliphatic hydroxyl groups is 1. The molecule has 0 saturated carbocycles. The summed E-state index contributed by atoms with van der Waals surface area (Å²) >= 11 is 6.08. The van der Waals surface area contributed by atoms with Gasteiger partial charge < -0.3 is 20.3 Å². The van der Waals surface area contributed by atoms with Crippen molar-refractivity contribution in [1.29, 1.82) is 0 Å². The van der Waals surface area contributed by atoms with Crippen LogP contribution in [0.25, 0.3) is 0 Å². The first-order chi connectivity index (χ1) is 7.72. The molecule has 1 aromatic rings. The fourth-order valence-electron chi connectivity index (χ4n) is 1.57. The lowest BCUT2D eigenvalue weighted by atomic mass is 10.1. The van der Waals surface area contributed by atoms with Gasteiger partial charge in [-0.2, -0.15) is 0 Å². The smallest absolute Gasteiger partial charge is 0.179 e. The van der Waals surface area contributed by atoms with Crippen molar-refractivity contribution in [3.63, 3.8) is 0 Å². The van der Waals surface area contributed by atoms with Crippen LogP contribution in [-0.2, 0) is 0 Å². The molecule has 1 atom stereocenters. The topological polar surface area (TPSA) is 64.7 Å². The average molecular weight is 244 g/mol. The number of aliphatic hydroxyl groups excluding tert-OH is 1. The summed E-state index contributed by atoms with van der Waals surface area (Å²) in [6, 6.07) is 3.03. The fourth-order valence-corrected chi connectivity index (χ4v) is 1.84. The molecule has 1 aromatic carbocycles. The lowest BCUT2D eigenvalue weighted by Gasteiger charge is -2.14. The molecule has 2 rings (SSSR count). The maximum absolute atomic E-state index is 9.00. The summed E-state index contributed by atoms with van der Waals surface area (Å²) in [6.45, 7) is 1.06. The number of ether oxygens (including phenoxy) is 2. The van der Waals surface area contributed by atoms with Gasteiger partial charge >= 0.3 is 0 Å². The maximum Gasteiger partial charge on any atom is 0.179 e. The molecule has 0 saturated heterocycles. The molecule has 0 bridgehead atoms. The van der Waals surface area contributed by atoms with E-state index in [-0.39, 0.29) is 6.61 Å². The highest BCUT2D eigenvalue weighted by molar-refractivity contribution is 6.32. The van der Waals surface area contributed by atoms with Crippen molar-refractivity contribution in [2.45, 2.75) is 12.5 Å². The number of benzene rings is 1. The molecule has 3 N–H and O–H groups in total. The van der Waals surface area contributed by atoms with Gasteiger partial charge in [0.15, 0.2) is 11.5 Å². The molecule has 1 heterocycles. The van der Waals surface area contributed by atoms with E-state index < -0.39 is 6.04 Å². The first-order valence-electron chi connectivity index (χ1n) is 5.18. The second kappa shape index (κ2) is 4.91. The summed E-state index contributed by atoms with van der Waals surface area (Å²) in [5.41, 5.74) is 6.48. The summed E-state index contributed by atoms with van der Waals surface area (Å²) in [6.07, 6.45) is 0.826. The first kappa shape index (κ1) is 11.5. The van der Waals surface area contributed by atoms with Gasteiger partial charge in [0.05, 0.1) is 30.9 Å². The average Bonchev–Trinajstić information content (AvgIpc) is 2.53. The number of rotatable bonds is 2. The van der Waals surface area contributed by atoms with Gasteiger partial charge in [0.1, 0.15) is 0 Å². The van der Waals surface area contributed by atoms with Crippen LogP contribution in [0.5, 0.6) is 11.5 Å². The van der Waals surface area contributed by atoms with Gasteiger partial charge in [0.2, 0.25) is 0 Å². The fraction of sp³-hybridized carbons (Fsp3) is 0.455. The summed E-state index contributed by atoms with van der Waals surface area (Å²) in [7, 11) is 0. The Morgan fingerprint density at radius 1 is 1.38 bits per heavy atom. The minimum Gasteiger partial charge on any atom is -0.489 e. The number of halogens is 1. The van der Waals surface area contributed by atoms with E-state index in [1.807, 2.05) is 0 Å². The van der Waals surface area contributed by atoms with Crippen LogP contribution in [0.4, 0.5) is 0 Å². The third kappa shape index (κ3) is 2.24. The Hall–Kier alpha value is -0.970. The molecule has 4 nitrogen and oxygen atoms in total. The van der Waals surface area contributed by atoms with Crippen molar-refractivity contribution >= 4 is 11.6 Å². The summed E-state index contributed by atoms with van der Waals surface area (Å²) < 4.78 is 11.0. The number of hydrogen-bond acceptors (Lipinski definition) is 4. The minimum absolute atomic E-state index is 0.129. The van der Waals surface area contributed by atoms with Gasteiger partial charge in [-0.15, -0.1) is 0 Å². The number of hydrogen-bond donors (Lipinski definition) is 2. The van der Waals surface area contributed by atoms with Gasteiger partial charge in [-0.3, -0.25) is 0 Å². The highest BCUT2D eigenvalue weighted by Gasteiger charge is 2.17. The SMILES string of the molecule is NC(CO)c1cc(Cl)c2c(c1)OCCCO2. The quantitative estimate of drug-likeness (QED) is 0.826. The zero-order chi connectivity index (χ0) is 11.5. The van der Waals surface area contributed by atoms with Crippen LogP contribution in [0, 0.1) is 0 Å². The molecule has 1 aliphatic heterocycles. The monoisotopic (exact) mass is 243 g/mol. The number of nitrogens with two attached hydrogens (primary N) is 1. The Kier molecular flexibility index (Phi) is 3.53. The molecule has 0 aromatic heterocycles. The van der Waals surface area contributed by atoms with Crippen molar-refractivity contribution < 1.29 is 14.6 Å². The van der Waals surface area contributed by atoms with Gasteiger partial charge in [0, 0.05) is 6.42 Å². The van der Waals surface area contributed by atoms with Crippen LogP contribution < -0.4 is 15.2 Å². The Morgan fingerprint density at radius 3 is 2.88 bits per heavy atom. The van der Waals surface area contributed by atoms with Crippen molar-refractivity contribution in [3.05, 3.63) is 22.7 Å². The third-order valence-electron chi connectivity index (χ3n) is 2.45. The first-order valence-corrected chi connectivity index (χ1v) is 5.55. The van der Waals surface area contributed by atoms with Crippen LogP contribution in [-0.4, -0.2) is 24.9 Å². The van der Waals surface area contributed by atoms with E-state index in [2.05, 4.69) is 0 Å². The summed E-state index contributed by atoms with van der Waals surface area (Å²) in [5.74, 6) is 1.16. The van der Waals surface area contributed by atoms with E-state index in [9.17, 15) is 0 Å². The Morgan fingerprint density at radius 2 is 2.12 bits per heavy atom. The largest absolute Gasteiger partial charge is 0.489 e. The standard InChI is InChI=1S/C11H14ClNO3/c12-8-4-7(9(13)6-14)5-10-11(8)16-3-1-2-15-10/h4-5,9,14H,1-3,6,13H2. The number of fused-ring (bicyclic) bond motifs is 1. The minimum atomic E-state index is -0.449. The predicted molar refractivity (Wildman–Crippen MR) is 61.1 cm³/mol. The van der Waals surface area contributed by atoms with Crippen molar-refractivity contribution in [2.24, 2.45) is 5.73 Å². The van der Waals surface area contributed by atoms with E-state index in [1.165, 1.54) is 0 Å². The van der Waals surface area contributed by atoms with Gasteiger partial charge in [0.25, 0.3) is 0 Å². The summed E-state index contributed by atoms with van der Waals surface area (Å²) in [4.78, 5) is 0. The molecule has 0 spiro atoms. The zero-order valence-electron chi connectivity index (χ0n) is 8.78. The molecule has 0 radical (unpaired) electrons. The highest BCUT2D eigenvalue weighted by atomic mass is 35.5. The molecule has 88 valence electrons. The van der Waals surface area contributed by atoms with Crippen LogP contribution in [0.1, 0.15) is 18.0 Å². The van der Waals surface area contributed by atoms with E-state index in [0.717, 1.165) is 12.0 Å². The molecule has 1 aliphatic rings. The van der Waals surface area contributed by atoms with E-state index in [1.54, 1.807) is 12.1 Å². The molecule has 1 unspecified atom stereocenters. The predicted octanol–water partition coefficient (Wildman–Crippen LogP) is 1.49. The highest BCUT2D eigenvalue weighted by Crippen LogP contribution is 2.38. The summed E-state index contributed by atoms with van der Waals surface area (Å²) in [5, 5.41) is 9.47. The van der Waals surface area contributed by atoms with Crippen molar-refractivity contribution in [2.75, 3.05) is 19.8 Å². The molecule has 0 amide bonds. The Labute approximate surface area is 98.9 Å². The second-order valence-electron chi connectivity index (χ2n) is 3.67. The van der Waals surface area contributed by atoms with E-state index in [4.69, 9.17) is 31.9 Å². The molecular weight excluding hydrogens is 230 g/mol. The van der Waals surface area contributed by atoms with Crippen LogP contribution in [0.2, 0.25) is 5.02 Å². The molecule has 16 heavy (non-hydrogen) atoms. The Bertz CT molecular complexity index is 384. The second-order valence-corrected chi connectivity index (χ2v) is 4.08. The third-order valence-corrected chi connectivity index (χ3v) is 2.73. The maximum atomic E-state index is 9.00. The molecule has 5 heteroatoms. The van der Waals surface area contributed by atoms with E-state index in [0.29, 0.717) is 29.7 Å². The molecular formula is C11H14ClNO3. The zero-order valence-corrected chi connectivity index (χ0v) is 9.54. The van der Waals surface area contributed by atoms with Crippen molar-refractivity contribution in [3.8, 4) is 11.5 Å². The molecule has 0 aliphatic carbocycles. The van der Waals surface area contributed by atoms with E-state index >= 15 is 0 Å². The van der Waals surface area contributed by atoms with Crippen LogP contribution in [0.3, 0.4) is 0 Å². The molecule has 0 fully saturated rings. The van der Waals surface area contributed by atoms with Crippen LogP contribution in [0.15, 0.2) is 12.1 Å². The lowest BCUT2D eigenvalue weighted by Crippen LogP contribution is -2.14. The lowest BCUT2D eigenvalue weighted by molar-refractivity contribution is 0.267. The van der Waals surface area contributed by atoms with Gasteiger partial charge in [-0.1, -0.05) is 11.6 Å². The van der Waals surface area contributed by atoms with Gasteiger partial charge in [-0.05, 0) is 17.7 Å². The van der Waals surface area contributed by atoms with Crippen molar-refractivity contribution in [1.82, 2.24) is 0 Å². The van der Waals surface area contributed by atoms with Crippen LogP contribution >= 0.6 is 11.6 Å². The van der Waals surface area contributed by atoms with Gasteiger partial charge in [-0.25, -0.2) is 0 Å².